The Hall–Kier alpha value is -1.50. The third-order valence-electron chi connectivity index (χ3n) is 4.48. The summed E-state index contributed by atoms with van der Waals surface area (Å²) in [5.74, 6) is -0.397. The molecule has 5 nitrogen and oxygen atoms in total. The first-order valence-corrected chi connectivity index (χ1v) is 8.58. The molecule has 0 saturated carbocycles. The van der Waals surface area contributed by atoms with Crippen molar-refractivity contribution in [2.45, 2.75) is 12.5 Å². The van der Waals surface area contributed by atoms with Crippen molar-refractivity contribution >= 4 is 5.91 Å². The van der Waals surface area contributed by atoms with Gasteiger partial charge in [0.05, 0.1) is 0 Å². The minimum atomic E-state index is -0.468. The summed E-state index contributed by atoms with van der Waals surface area (Å²) in [5.41, 5.74) is 0.677. The van der Waals surface area contributed by atoms with E-state index in [-0.39, 0.29) is 11.7 Å². The summed E-state index contributed by atoms with van der Waals surface area (Å²) in [5, 5.41) is 2.99. The predicted molar refractivity (Wildman–Crippen MR) is 94.4 cm³/mol. The van der Waals surface area contributed by atoms with Crippen LogP contribution in [0.5, 0.6) is 0 Å². The minimum Gasteiger partial charge on any atom is -0.354 e. The fourth-order valence-corrected chi connectivity index (χ4v) is 3.04. The molecule has 1 aliphatic heterocycles. The second kappa shape index (κ2) is 9.11. The highest BCUT2D eigenvalue weighted by Crippen LogP contribution is 2.19. The summed E-state index contributed by atoms with van der Waals surface area (Å²) in [7, 11) is 5.81. The number of halogens is 1. The van der Waals surface area contributed by atoms with Crippen LogP contribution in [0.3, 0.4) is 0 Å². The minimum absolute atomic E-state index is 0.0797. The van der Waals surface area contributed by atoms with Crippen molar-refractivity contribution in [3.63, 3.8) is 0 Å². The molecule has 1 heterocycles. The van der Waals surface area contributed by atoms with E-state index in [1.54, 1.807) is 12.1 Å². The van der Waals surface area contributed by atoms with Gasteiger partial charge in [0.1, 0.15) is 11.9 Å². The Kier molecular flexibility index (Phi) is 7.15. The summed E-state index contributed by atoms with van der Waals surface area (Å²) < 4.78 is 13.4. The van der Waals surface area contributed by atoms with E-state index in [0.717, 1.165) is 39.1 Å². The van der Waals surface area contributed by atoms with Crippen molar-refractivity contribution in [3.05, 3.63) is 35.6 Å². The lowest BCUT2D eigenvalue weighted by Crippen LogP contribution is -2.45. The van der Waals surface area contributed by atoms with Crippen LogP contribution >= 0.6 is 0 Å². The van der Waals surface area contributed by atoms with E-state index in [1.807, 2.05) is 19.0 Å². The average Bonchev–Trinajstić information content (AvgIpc) is 2.53. The number of hydrogen-bond donors (Lipinski definition) is 1. The monoisotopic (exact) mass is 336 g/mol. The fraction of sp³-hybridized carbons (Fsp3) is 0.611. The van der Waals surface area contributed by atoms with Crippen molar-refractivity contribution < 1.29 is 9.18 Å². The quantitative estimate of drug-likeness (QED) is 0.759. The second-order valence-corrected chi connectivity index (χ2v) is 6.71. The van der Waals surface area contributed by atoms with Gasteiger partial charge in [-0.15, -0.1) is 0 Å². The van der Waals surface area contributed by atoms with E-state index in [4.69, 9.17) is 0 Å². The van der Waals surface area contributed by atoms with Gasteiger partial charge in [-0.3, -0.25) is 9.69 Å². The average molecular weight is 336 g/mol. The normalized spacial score (nSPS) is 17.9. The van der Waals surface area contributed by atoms with Crippen LogP contribution in [0.1, 0.15) is 18.0 Å². The number of nitrogens with one attached hydrogen (secondary N) is 1. The smallest absolute Gasteiger partial charge is 0.241 e. The number of nitrogens with zero attached hydrogens (tertiary/aromatic N) is 3. The van der Waals surface area contributed by atoms with Gasteiger partial charge in [-0.25, -0.2) is 4.39 Å². The summed E-state index contributed by atoms with van der Waals surface area (Å²) >= 11 is 0. The zero-order chi connectivity index (χ0) is 17.5. The first kappa shape index (κ1) is 18.8. The summed E-state index contributed by atoms with van der Waals surface area (Å²) in [4.78, 5) is 19.1. The first-order valence-electron chi connectivity index (χ1n) is 8.58. The number of carbonyl (C=O) groups is 1. The Morgan fingerprint density at radius 1 is 1.29 bits per heavy atom. The van der Waals surface area contributed by atoms with Gasteiger partial charge in [0, 0.05) is 32.7 Å². The highest BCUT2D eigenvalue weighted by Gasteiger charge is 2.23. The molecule has 0 bridgehead atoms. The number of rotatable bonds is 7. The van der Waals surface area contributed by atoms with E-state index in [0.29, 0.717) is 12.1 Å². The van der Waals surface area contributed by atoms with Gasteiger partial charge in [0.15, 0.2) is 0 Å². The maximum absolute atomic E-state index is 13.4. The number of hydrogen-bond acceptors (Lipinski definition) is 4. The molecule has 1 N–H and O–H groups in total. The van der Waals surface area contributed by atoms with E-state index < -0.39 is 6.04 Å². The van der Waals surface area contributed by atoms with Crippen LogP contribution in [0.2, 0.25) is 0 Å². The van der Waals surface area contributed by atoms with Gasteiger partial charge in [-0.2, -0.15) is 0 Å². The largest absolute Gasteiger partial charge is 0.354 e. The van der Waals surface area contributed by atoms with Crippen molar-refractivity contribution in [1.82, 2.24) is 20.0 Å². The molecule has 1 saturated heterocycles. The van der Waals surface area contributed by atoms with Crippen LogP contribution in [0.25, 0.3) is 0 Å². The molecule has 1 aromatic rings. The molecule has 0 radical (unpaired) electrons. The summed E-state index contributed by atoms with van der Waals surface area (Å²) in [6.45, 7) is 6.04. The number of piperazine rings is 1. The number of benzene rings is 1. The van der Waals surface area contributed by atoms with Gasteiger partial charge < -0.3 is 15.1 Å². The molecule has 134 valence electrons. The standard InChI is InChI=1S/C18H29FN4O/c1-21(2)17(15-6-4-7-16(19)14-15)18(24)20-8-5-9-23-12-10-22(3)11-13-23/h4,6-7,14,17H,5,8-13H2,1-3H3,(H,20,24)/t17-/m0/s1. The van der Waals surface area contributed by atoms with Crippen molar-refractivity contribution in [1.29, 1.82) is 0 Å². The maximum atomic E-state index is 13.4. The van der Waals surface area contributed by atoms with Crippen LogP contribution in [0, 0.1) is 5.82 Å². The van der Waals surface area contributed by atoms with Gasteiger partial charge in [0.2, 0.25) is 5.91 Å². The highest BCUT2D eigenvalue weighted by molar-refractivity contribution is 5.83. The van der Waals surface area contributed by atoms with E-state index in [2.05, 4.69) is 22.2 Å². The van der Waals surface area contributed by atoms with E-state index in [9.17, 15) is 9.18 Å². The lowest BCUT2D eigenvalue weighted by atomic mass is 10.1. The SMILES string of the molecule is CN1CCN(CCCNC(=O)[C@H](c2cccc(F)c2)N(C)C)CC1. The zero-order valence-corrected chi connectivity index (χ0v) is 15.0. The Bertz CT molecular complexity index is 530. The molecule has 0 unspecified atom stereocenters. The molecule has 0 aliphatic carbocycles. The van der Waals surface area contributed by atoms with E-state index in [1.165, 1.54) is 12.1 Å². The Morgan fingerprint density at radius 2 is 2.00 bits per heavy atom. The number of amides is 1. The third kappa shape index (κ3) is 5.54. The van der Waals surface area contributed by atoms with Gasteiger partial charge in [0.25, 0.3) is 0 Å². The zero-order valence-electron chi connectivity index (χ0n) is 15.0. The summed E-state index contributed by atoms with van der Waals surface area (Å²) in [6.07, 6.45) is 0.929. The molecule has 1 fully saturated rings. The van der Waals surface area contributed by atoms with Gasteiger partial charge >= 0.3 is 0 Å². The van der Waals surface area contributed by atoms with Crippen LogP contribution in [-0.2, 0) is 4.79 Å². The molecule has 1 atom stereocenters. The maximum Gasteiger partial charge on any atom is 0.241 e. The first-order chi connectivity index (χ1) is 11.5. The van der Waals surface area contributed by atoms with Crippen molar-refractivity contribution in [3.8, 4) is 0 Å². The van der Waals surface area contributed by atoms with Gasteiger partial charge in [-0.1, -0.05) is 12.1 Å². The molecule has 2 rings (SSSR count). The predicted octanol–water partition coefficient (Wildman–Crippen LogP) is 1.18. The topological polar surface area (TPSA) is 38.8 Å². The Labute approximate surface area is 144 Å². The fourth-order valence-electron chi connectivity index (χ4n) is 3.04. The molecule has 0 aromatic heterocycles. The molecule has 0 spiro atoms. The molecular weight excluding hydrogens is 307 g/mol. The van der Waals surface area contributed by atoms with Crippen molar-refractivity contribution in [2.24, 2.45) is 0 Å². The van der Waals surface area contributed by atoms with Gasteiger partial charge in [-0.05, 0) is 51.8 Å². The van der Waals surface area contributed by atoms with Crippen molar-refractivity contribution in [2.75, 3.05) is 60.4 Å². The second-order valence-electron chi connectivity index (χ2n) is 6.71. The van der Waals surface area contributed by atoms with Crippen LogP contribution in [-0.4, -0.2) is 81.0 Å². The molecular formula is C18H29FN4O. The summed E-state index contributed by atoms with van der Waals surface area (Å²) in [6, 6.07) is 5.78. The molecule has 24 heavy (non-hydrogen) atoms. The molecule has 1 amide bonds. The van der Waals surface area contributed by atoms with Crippen LogP contribution in [0.4, 0.5) is 4.39 Å². The highest BCUT2D eigenvalue weighted by atomic mass is 19.1. The Balaban J connectivity index is 1.79. The molecule has 1 aliphatic rings. The lowest BCUT2D eigenvalue weighted by Gasteiger charge is -2.32. The lowest BCUT2D eigenvalue weighted by molar-refractivity contribution is -0.125. The van der Waals surface area contributed by atoms with E-state index >= 15 is 0 Å². The van der Waals surface area contributed by atoms with Crippen LogP contribution < -0.4 is 5.32 Å². The molecule has 1 aromatic carbocycles. The van der Waals surface area contributed by atoms with Crippen LogP contribution in [0.15, 0.2) is 24.3 Å². The number of carbonyl (C=O) groups excluding carboxylic acids is 1. The molecule has 6 heteroatoms. The third-order valence-corrected chi connectivity index (χ3v) is 4.48. The number of likely N-dealkylation sites (N-methyl/N-ethyl adjacent to an activating group) is 2. The Morgan fingerprint density at radius 3 is 2.62 bits per heavy atom.